The van der Waals surface area contributed by atoms with Gasteiger partial charge in [-0.3, -0.25) is 0 Å². The molecule has 2 heterocycles. The fourth-order valence-corrected chi connectivity index (χ4v) is 3.76. The van der Waals surface area contributed by atoms with Crippen LogP contribution in [0.1, 0.15) is 24.8 Å². The molecule has 91 valence electrons. The average Bonchev–Trinajstić information content (AvgIpc) is 2.51. The standard InChI is InChI=1S/C14H17ClNO/c15-12-8-13-7-11(14(9-12)16(13)17)6-10-4-2-1-3-5-10/h1-5,11-14H,6-9H2/t11-,12+,13+,14+/m0/s1. The first kappa shape index (κ1) is 11.5. The Kier molecular flexibility index (Phi) is 3.12. The second-order valence-electron chi connectivity index (χ2n) is 5.34. The second kappa shape index (κ2) is 4.60. The van der Waals surface area contributed by atoms with E-state index in [1.807, 2.05) is 6.07 Å². The van der Waals surface area contributed by atoms with E-state index in [1.165, 1.54) is 10.6 Å². The predicted octanol–water partition coefficient (Wildman–Crippen LogP) is 3.03. The Morgan fingerprint density at radius 1 is 1.18 bits per heavy atom. The molecule has 1 aromatic carbocycles. The molecule has 0 spiro atoms. The van der Waals surface area contributed by atoms with Crippen molar-refractivity contribution < 1.29 is 5.21 Å². The summed E-state index contributed by atoms with van der Waals surface area (Å²) >= 11 is 6.21. The van der Waals surface area contributed by atoms with Crippen LogP contribution in [0.25, 0.3) is 0 Å². The van der Waals surface area contributed by atoms with Crippen molar-refractivity contribution in [2.24, 2.45) is 5.92 Å². The van der Waals surface area contributed by atoms with Crippen LogP contribution in [0.4, 0.5) is 0 Å². The molecule has 2 nitrogen and oxygen atoms in total. The van der Waals surface area contributed by atoms with Crippen molar-refractivity contribution >= 4 is 11.6 Å². The third-order valence-corrected chi connectivity index (χ3v) is 4.53. The zero-order valence-electron chi connectivity index (χ0n) is 9.76. The molecule has 1 radical (unpaired) electrons. The molecule has 2 aliphatic rings. The van der Waals surface area contributed by atoms with Crippen LogP contribution in [0, 0.1) is 5.92 Å². The molecule has 0 aromatic heterocycles. The molecule has 3 heteroatoms. The normalized spacial score (nSPS) is 37.3. The summed E-state index contributed by atoms with van der Waals surface area (Å²) in [5.41, 5.74) is 1.34. The first-order chi connectivity index (χ1) is 8.24. The van der Waals surface area contributed by atoms with Gasteiger partial charge in [-0.25, -0.2) is 0 Å². The summed E-state index contributed by atoms with van der Waals surface area (Å²) in [5, 5.41) is 13.5. The molecule has 1 aromatic rings. The van der Waals surface area contributed by atoms with Gasteiger partial charge >= 0.3 is 0 Å². The van der Waals surface area contributed by atoms with Gasteiger partial charge in [0.05, 0.1) is 0 Å². The van der Waals surface area contributed by atoms with Crippen LogP contribution < -0.4 is 0 Å². The second-order valence-corrected chi connectivity index (χ2v) is 5.95. The number of alkyl halides is 1. The van der Waals surface area contributed by atoms with Crippen molar-refractivity contribution in [2.75, 3.05) is 0 Å². The molecule has 17 heavy (non-hydrogen) atoms. The topological polar surface area (TPSA) is 23.1 Å². The number of hydrogen-bond donors (Lipinski definition) is 0. The van der Waals surface area contributed by atoms with Gasteiger partial charge in [0.25, 0.3) is 0 Å². The van der Waals surface area contributed by atoms with E-state index in [9.17, 15) is 5.21 Å². The Hall–Kier alpha value is -0.570. The summed E-state index contributed by atoms with van der Waals surface area (Å²) in [5.74, 6) is 0.489. The Bertz CT molecular complexity index is 383. The summed E-state index contributed by atoms with van der Waals surface area (Å²) in [6.45, 7) is 0. The molecule has 2 aliphatic heterocycles. The van der Waals surface area contributed by atoms with Crippen molar-refractivity contribution in [1.82, 2.24) is 5.06 Å². The molecule has 0 aliphatic carbocycles. The number of hydrogen-bond acceptors (Lipinski definition) is 1. The molecular formula is C14H17ClNO. The fourth-order valence-electron chi connectivity index (χ4n) is 3.38. The van der Waals surface area contributed by atoms with E-state index in [0.29, 0.717) is 5.92 Å². The summed E-state index contributed by atoms with van der Waals surface area (Å²) in [7, 11) is 0. The van der Waals surface area contributed by atoms with Gasteiger partial charge in [0.2, 0.25) is 0 Å². The van der Waals surface area contributed by atoms with E-state index in [1.54, 1.807) is 0 Å². The van der Waals surface area contributed by atoms with Crippen molar-refractivity contribution in [3.05, 3.63) is 35.9 Å². The monoisotopic (exact) mass is 250 g/mol. The third-order valence-electron chi connectivity index (χ3n) is 4.17. The lowest BCUT2D eigenvalue weighted by atomic mass is 9.91. The van der Waals surface area contributed by atoms with Crippen LogP contribution in [0.5, 0.6) is 0 Å². The lowest BCUT2D eigenvalue weighted by molar-refractivity contribution is -0.209. The highest BCUT2D eigenvalue weighted by atomic mass is 35.5. The molecule has 2 fully saturated rings. The largest absolute Gasteiger partial charge is 0.148 e. The maximum atomic E-state index is 12.0. The zero-order valence-corrected chi connectivity index (χ0v) is 10.5. The Balaban J connectivity index is 1.73. The summed E-state index contributed by atoms with van der Waals surface area (Å²) < 4.78 is 0. The van der Waals surface area contributed by atoms with Gasteiger partial charge in [-0.15, -0.1) is 21.9 Å². The van der Waals surface area contributed by atoms with E-state index >= 15 is 0 Å². The van der Waals surface area contributed by atoms with Gasteiger partial charge in [0, 0.05) is 17.5 Å². The van der Waals surface area contributed by atoms with Gasteiger partial charge in [0.15, 0.2) is 0 Å². The highest BCUT2D eigenvalue weighted by Gasteiger charge is 2.46. The molecule has 0 N–H and O–H groups in total. The molecule has 4 atom stereocenters. The van der Waals surface area contributed by atoms with Crippen LogP contribution in [0.2, 0.25) is 0 Å². The van der Waals surface area contributed by atoms with E-state index in [0.717, 1.165) is 25.7 Å². The first-order valence-electron chi connectivity index (χ1n) is 6.37. The van der Waals surface area contributed by atoms with Crippen LogP contribution in [0.3, 0.4) is 0 Å². The van der Waals surface area contributed by atoms with Crippen LogP contribution >= 0.6 is 11.6 Å². The molecule has 0 unspecified atom stereocenters. The van der Waals surface area contributed by atoms with Gasteiger partial charge in [-0.05, 0) is 37.2 Å². The van der Waals surface area contributed by atoms with Crippen molar-refractivity contribution in [1.29, 1.82) is 0 Å². The highest BCUT2D eigenvalue weighted by Crippen LogP contribution is 2.41. The maximum Gasteiger partial charge on any atom is 0.0432 e. The molecule has 3 rings (SSSR count). The molecular weight excluding hydrogens is 234 g/mol. The number of piperidine rings is 1. The van der Waals surface area contributed by atoms with E-state index in [-0.39, 0.29) is 17.5 Å². The van der Waals surface area contributed by atoms with Crippen LogP contribution in [-0.2, 0) is 11.6 Å². The number of fused-ring (bicyclic) bond motifs is 2. The average molecular weight is 251 g/mol. The minimum absolute atomic E-state index is 0.149. The summed E-state index contributed by atoms with van der Waals surface area (Å²) in [6.07, 6.45) is 3.77. The van der Waals surface area contributed by atoms with Gasteiger partial charge in [-0.1, -0.05) is 30.3 Å². The molecule has 2 bridgehead atoms. The van der Waals surface area contributed by atoms with Crippen LogP contribution in [-0.4, -0.2) is 22.5 Å². The Morgan fingerprint density at radius 3 is 2.71 bits per heavy atom. The molecule has 2 saturated heterocycles. The third kappa shape index (κ3) is 2.22. The van der Waals surface area contributed by atoms with Gasteiger partial charge in [0.1, 0.15) is 0 Å². The fraction of sp³-hybridized carbons (Fsp3) is 0.571. The summed E-state index contributed by atoms with van der Waals surface area (Å²) in [6, 6.07) is 10.8. The minimum Gasteiger partial charge on any atom is -0.148 e. The number of halogens is 1. The minimum atomic E-state index is 0.149. The number of rotatable bonds is 2. The highest BCUT2D eigenvalue weighted by molar-refractivity contribution is 6.20. The summed E-state index contributed by atoms with van der Waals surface area (Å²) in [4.78, 5) is 0. The predicted molar refractivity (Wildman–Crippen MR) is 67.2 cm³/mol. The Labute approximate surface area is 107 Å². The first-order valence-corrected chi connectivity index (χ1v) is 6.81. The van der Waals surface area contributed by atoms with E-state index < -0.39 is 0 Å². The lowest BCUT2D eigenvalue weighted by Crippen LogP contribution is -2.41. The quantitative estimate of drug-likeness (QED) is 0.740. The number of nitrogens with zero attached hydrogens (tertiary/aromatic N) is 1. The number of hydroxylamine groups is 2. The lowest BCUT2D eigenvalue weighted by Gasteiger charge is -2.31. The number of benzene rings is 1. The van der Waals surface area contributed by atoms with E-state index in [2.05, 4.69) is 24.3 Å². The van der Waals surface area contributed by atoms with E-state index in [4.69, 9.17) is 11.6 Å². The SMILES string of the molecule is [O]N1[C@H]2C[C@@H](Cl)C[C@@H]1[C@@H](Cc1ccccc1)C2. The maximum absolute atomic E-state index is 12.0. The van der Waals surface area contributed by atoms with Gasteiger partial charge < -0.3 is 0 Å². The van der Waals surface area contributed by atoms with Crippen molar-refractivity contribution in [3.8, 4) is 0 Å². The van der Waals surface area contributed by atoms with Crippen molar-refractivity contribution in [2.45, 2.75) is 43.1 Å². The molecule has 0 amide bonds. The van der Waals surface area contributed by atoms with Crippen LogP contribution in [0.15, 0.2) is 30.3 Å². The Morgan fingerprint density at radius 2 is 1.94 bits per heavy atom. The van der Waals surface area contributed by atoms with Crippen molar-refractivity contribution in [3.63, 3.8) is 0 Å². The molecule has 0 saturated carbocycles. The van der Waals surface area contributed by atoms with Gasteiger partial charge in [-0.2, -0.15) is 0 Å². The smallest absolute Gasteiger partial charge is 0.0432 e. The zero-order chi connectivity index (χ0) is 11.8.